The van der Waals surface area contributed by atoms with Crippen LogP contribution in [0.3, 0.4) is 0 Å². The molecule has 1 aliphatic rings. The second kappa shape index (κ2) is 4.77. The summed E-state index contributed by atoms with van der Waals surface area (Å²) in [5.41, 5.74) is 0.824. The molecular weight excluding hydrogens is 214 g/mol. The molecule has 1 unspecified atom stereocenters. The molecule has 0 spiro atoms. The van der Waals surface area contributed by atoms with Gasteiger partial charge in [-0.2, -0.15) is 4.98 Å². The van der Waals surface area contributed by atoms with Crippen LogP contribution >= 0.6 is 11.6 Å². The number of rotatable bonds is 3. The summed E-state index contributed by atoms with van der Waals surface area (Å²) in [7, 11) is 0. The predicted octanol–water partition coefficient (Wildman–Crippen LogP) is 1.57. The fraction of sp³-hybridized carbons (Fsp3) is 0.600. The van der Waals surface area contributed by atoms with Crippen LogP contribution < -0.4 is 10.1 Å². The Hall–Kier alpha value is -0.870. The lowest BCUT2D eigenvalue weighted by molar-refractivity contribution is 0.256. The summed E-state index contributed by atoms with van der Waals surface area (Å²) in [5.74, 6) is 0. The highest BCUT2D eigenvalue weighted by Gasteiger charge is 2.15. The van der Waals surface area contributed by atoms with Crippen LogP contribution in [0.4, 0.5) is 0 Å². The molecule has 0 bridgehead atoms. The first-order valence-electron chi connectivity index (χ1n) is 5.11. The van der Waals surface area contributed by atoms with Crippen LogP contribution in [0.25, 0.3) is 0 Å². The van der Waals surface area contributed by atoms with E-state index in [0.29, 0.717) is 23.8 Å². The molecule has 5 heteroatoms. The van der Waals surface area contributed by atoms with Crippen LogP contribution in [0.5, 0.6) is 6.01 Å². The molecule has 4 nitrogen and oxygen atoms in total. The second-order valence-electron chi connectivity index (χ2n) is 3.72. The molecule has 82 valence electrons. The second-order valence-corrected chi connectivity index (χ2v) is 4.11. The highest BCUT2D eigenvalue weighted by Crippen LogP contribution is 2.12. The fourth-order valence-electron chi connectivity index (χ4n) is 1.64. The van der Waals surface area contributed by atoms with Gasteiger partial charge >= 0.3 is 6.01 Å². The topological polar surface area (TPSA) is 47.0 Å². The highest BCUT2D eigenvalue weighted by molar-refractivity contribution is 6.29. The number of nitrogens with zero attached hydrogens (tertiary/aromatic N) is 2. The summed E-state index contributed by atoms with van der Waals surface area (Å²) >= 11 is 5.80. The Morgan fingerprint density at radius 2 is 2.47 bits per heavy atom. The van der Waals surface area contributed by atoms with E-state index >= 15 is 0 Å². The van der Waals surface area contributed by atoms with Crippen molar-refractivity contribution in [2.45, 2.75) is 25.8 Å². The average Bonchev–Trinajstić information content (AvgIpc) is 2.65. The molecular formula is C10H14ClN3O. The quantitative estimate of drug-likeness (QED) is 0.797. The number of halogens is 1. The van der Waals surface area contributed by atoms with Gasteiger partial charge in [-0.05, 0) is 32.4 Å². The van der Waals surface area contributed by atoms with Gasteiger partial charge in [0.25, 0.3) is 0 Å². The van der Waals surface area contributed by atoms with Crippen LogP contribution in [0.15, 0.2) is 6.07 Å². The third-order valence-corrected chi connectivity index (χ3v) is 2.57. The molecule has 1 aliphatic heterocycles. The summed E-state index contributed by atoms with van der Waals surface area (Å²) in [5, 5.41) is 3.77. The summed E-state index contributed by atoms with van der Waals surface area (Å²) < 4.78 is 5.48. The van der Waals surface area contributed by atoms with E-state index in [0.717, 1.165) is 18.7 Å². The zero-order chi connectivity index (χ0) is 10.7. The van der Waals surface area contributed by atoms with E-state index < -0.39 is 0 Å². The Labute approximate surface area is 94.0 Å². The molecule has 2 rings (SSSR count). The van der Waals surface area contributed by atoms with Crippen LogP contribution in [-0.2, 0) is 0 Å². The first-order valence-corrected chi connectivity index (χ1v) is 5.49. The first-order chi connectivity index (χ1) is 7.24. The lowest BCUT2D eigenvalue weighted by atomic mass is 10.2. The minimum absolute atomic E-state index is 0.369. The molecule has 0 aromatic carbocycles. The molecule has 1 N–H and O–H groups in total. The van der Waals surface area contributed by atoms with Crippen molar-refractivity contribution in [1.82, 2.24) is 15.3 Å². The minimum Gasteiger partial charge on any atom is -0.462 e. The van der Waals surface area contributed by atoms with E-state index in [1.165, 1.54) is 6.42 Å². The molecule has 1 aromatic rings. The normalized spacial score (nSPS) is 20.5. The van der Waals surface area contributed by atoms with Crippen LogP contribution in [-0.4, -0.2) is 29.2 Å². The van der Waals surface area contributed by atoms with Gasteiger partial charge in [0.05, 0.1) is 0 Å². The molecule has 0 saturated carbocycles. The Morgan fingerprint density at radius 1 is 1.60 bits per heavy atom. The molecule has 1 saturated heterocycles. The minimum atomic E-state index is 0.369. The van der Waals surface area contributed by atoms with Gasteiger partial charge in [0.15, 0.2) is 0 Å². The lowest BCUT2D eigenvalue weighted by Crippen LogP contribution is -2.28. The van der Waals surface area contributed by atoms with E-state index in [9.17, 15) is 0 Å². The summed E-state index contributed by atoms with van der Waals surface area (Å²) in [6.45, 7) is 3.55. The molecule has 2 heterocycles. The number of nitrogens with one attached hydrogen (secondary N) is 1. The number of hydrogen-bond donors (Lipinski definition) is 1. The smallest absolute Gasteiger partial charge is 0.318 e. The van der Waals surface area contributed by atoms with Crippen molar-refractivity contribution in [1.29, 1.82) is 0 Å². The van der Waals surface area contributed by atoms with Gasteiger partial charge in [0, 0.05) is 11.7 Å². The van der Waals surface area contributed by atoms with Crippen molar-refractivity contribution in [2.24, 2.45) is 0 Å². The first kappa shape index (κ1) is 10.6. The van der Waals surface area contributed by atoms with Crippen molar-refractivity contribution >= 4 is 11.6 Å². The van der Waals surface area contributed by atoms with Crippen LogP contribution in [0, 0.1) is 6.92 Å². The van der Waals surface area contributed by atoms with Crippen molar-refractivity contribution in [3.05, 3.63) is 16.9 Å². The third kappa shape index (κ3) is 3.04. The van der Waals surface area contributed by atoms with Gasteiger partial charge in [-0.15, -0.1) is 0 Å². The molecule has 1 aromatic heterocycles. The summed E-state index contributed by atoms with van der Waals surface area (Å²) in [6.07, 6.45) is 2.36. The van der Waals surface area contributed by atoms with Crippen LogP contribution in [0.2, 0.25) is 5.15 Å². The number of hydrogen-bond acceptors (Lipinski definition) is 4. The van der Waals surface area contributed by atoms with E-state index in [4.69, 9.17) is 16.3 Å². The van der Waals surface area contributed by atoms with E-state index in [1.807, 2.05) is 6.92 Å². The Bertz CT molecular complexity index is 319. The zero-order valence-corrected chi connectivity index (χ0v) is 9.42. The summed E-state index contributed by atoms with van der Waals surface area (Å²) in [4.78, 5) is 8.15. The monoisotopic (exact) mass is 227 g/mol. The average molecular weight is 228 g/mol. The fourth-order valence-corrected chi connectivity index (χ4v) is 1.87. The van der Waals surface area contributed by atoms with E-state index in [2.05, 4.69) is 15.3 Å². The molecule has 0 radical (unpaired) electrons. The van der Waals surface area contributed by atoms with Gasteiger partial charge in [-0.3, -0.25) is 0 Å². The lowest BCUT2D eigenvalue weighted by Gasteiger charge is -2.10. The van der Waals surface area contributed by atoms with Crippen molar-refractivity contribution in [3.8, 4) is 6.01 Å². The number of aromatic nitrogens is 2. The van der Waals surface area contributed by atoms with E-state index in [-0.39, 0.29) is 0 Å². The van der Waals surface area contributed by atoms with Crippen molar-refractivity contribution in [2.75, 3.05) is 13.2 Å². The van der Waals surface area contributed by atoms with Crippen molar-refractivity contribution in [3.63, 3.8) is 0 Å². The molecule has 0 amide bonds. The molecule has 0 aliphatic carbocycles. The SMILES string of the molecule is Cc1cc(Cl)nc(OCC2CCCN2)n1. The largest absolute Gasteiger partial charge is 0.462 e. The maximum atomic E-state index is 5.80. The van der Waals surface area contributed by atoms with Gasteiger partial charge in [-0.25, -0.2) is 4.98 Å². The number of aryl methyl sites for hydroxylation is 1. The third-order valence-electron chi connectivity index (χ3n) is 2.38. The van der Waals surface area contributed by atoms with Gasteiger partial charge in [0.2, 0.25) is 0 Å². The predicted molar refractivity (Wildman–Crippen MR) is 58.3 cm³/mol. The van der Waals surface area contributed by atoms with Gasteiger partial charge < -0.3 is 10.1 Å². The van der Waals surface area contributed by atoms with Gasteiger partial charge in [-0.1, -0.05) is 11.6 Å². The van der Waals surface area contributed by atoms with Crippen LogP contribution in [0.1, 0.15) is 18.5 Å². The Balaban J connectivity index is 1.92. The number of ether oxygens (including phenoxy) is 1. The summed E-state index contributed by atoms with van der Waals surface area (Å²) in [6, 6.07) is 2.50. The highest BCUT2D eigenvalue weighted by atomic mass is 35.5. The van der Waals surface area contributed by atoms with Gasteiger partial charge in [0.1, 0.15) is 11.8 Å². The van der Waals surface area contributed by atoms with E-state index in [1.54, 1.807) is 6.07 Å². The maximum Gasteiger partial charge on any atom is 0.318 e. The standard InChI is InChI=1S/C10H14ClN3O/c1-7-5-9(11)14-10(13-7)15-6-8-3-2-4-12-8/h5,8,12H,2-4,6H2,1H3. The molecule has 15 heavy (non-hydrogen) atoms. The Morgan fingerprint density at radius 3 is 3.13 bits per heavy atom. The molecule has 1 fully saturated rings. The van der Waals surface area contributed by atoms with Crippen molar-refractivity contribution < 1.29 is 4.74 Å². The maximum absolute atomic E-state index is 5.80. The zero-order valence-electron chi connectivity index (χ0n) is 8.66. The molecule has 1 atom stereocenters. The Kier molecular flexibility index (Phi) is 3.38.